The highest BCUT2D eigenvalue weighted by Crippen LogP contribution is 2.42. The predicted octanol–water partition coefficient (Wildman–Crippen LogP) is 13.4. The first kappa shape index (κ1) is 31.5. The number of furan rings is 2. The van der Waals surface area contributed by atoms with E-state index in [0.29, 0.717) is 17.5 Å². The summed E-state index contributed by atoms with van der Waals surface area (Å²) < 4.78 is 15.2. The van der Waals surface area contributed by atoms with Crippen LogP contribution in [0.1, 0.15) is 0 Å². The SMILES string of the molecule is c1ccc(-c2nc(-c3ccc4c(c3)oc3ccccc34)nc(-c3ccc4oc5cccc(-c6ccccc6-n6c7ccccc7c7ccccc76)c5c4c3)n2)cc1. The van der Waals surface area contributed by atoms with E-state index >= 15 is 0 Å². The van der Waals surface area contributed by atoms with Crippen molar-refractivity contribution < 1.29 is 8.83 Å². The van der Waals surface area contributed by atoms with Crippen LogP contribution >= 0.6 is 0 Å². The molecule has 4 heterocycles. The van der Waals surface area contributed by atoms with Crippen molar-refractivity contribution in [2.24, 2.45) is 0 Å². The van der Waals surface area contributed by atoms with Crippen LogP contribution in [0.4, 0.5) is 0 Å². The lowest BCUT2D eigenvalue weighted by Crippen LogP contribution is -2.00. The second kappa shape index (κ2) is 12.3. The number of aromatic nitrogens is 4. The van der Waals surface area contributed by atoms with Crippen molar-refractivity contribution in [1.29, 1.82) is 0 Å². The van der Waals surface area contributed by atoms with Crippen LogP contribution in [0.3, 0.4) is 0 Å². The quantitative estimate of drug-likeness (QED) is 0.176. The molecule has 12 rings (SSSR count). The Hall–Kier alpha value is -7.83. The Morgan fingerprint density at radius 2 is 0.877 bits per heavy atom. The molecule has 0 saturated carbocycles. The lowest BCUT2D eigenvalue weighted by Gasteiger charge is -2.15. The van der Waals surface area contributed by atoms with Crippen LogP contribution in [0, 0.1) is 0 Å². The Bertz CT molecular complexity index is 3490. The Balaban J connectivity index is 1.05. The van der Waals surface area contributed by atoms with Crippen molar-refractivity contribution in [3.05, 3.63) is 182 Å². The van der Waals surface area contributed by atoms with E-state index < -0.39 is 0 Å². The lowest BCUT2D eigenvalue weighted by molar-refractivity contribution is 0.668. The van der Waals surface area contributed by atoms with Gasteiger partial charge in [0.25, 0.3) is 0 Å². The fourth-order valence-corrected chi connectivity index (χ4v) is 8.48. The molecule has 0 fully saturated rings. The molecule has 4 aromatic heterocycles. The second-order valence-electron chi connectivity index (χ2n) is 14.4. The lowest BCUT2D eigenvalue weighted by atomic mass is 9.97. The first-order valence-electron chi connectivity index (χ1n) is 19.0. The maximum atomic E-state index is 6.56. The largest absolute Gasteiger partial charge is 0.456 e. The van der Waals surface area contributed by atoms with Crippen molar-refractivity contribution in [1.82, 2.24) is 19.5 Å². The molecule has 0 bridgehead atoms. The molecule has 8 aromatic carbocycles. The van der Waals surface area contributed by atoms with E-state index in [1.807, 2.05) is 72.8 Å². The molecular formula is C51H30N4O2. The maximum Gasteiger partial charge on any atom is 0.164 e. The highest BCUT2D eigenvalue weighted by molar-refractivity contribution is 6.15. The van der Waals surface area contributed by atoms with E-state index in [1.54, 1.807) is 0 Å². The van der Waals surface area contributed by atoms with Crippen LogP contribution in [-0.2, 0) is 0 Å². The van der Waals surface area contributed by atoms with E-state index in [1.165, 1.54) is 10.8 Å². The molecule has 12 aromatic rings. The molecule has 0 amide bonds. The van der Waals surface area contributed by atoms with Crippen LogP contribution in [-0.4, -0.2) is 19.5 Å². The molecule has 0 aliphatic heterocycles. The first-order valence-corrected chi connectivity index (χ1v) is 19.0. The zero-order chi connectivity index (χ0) is 37.5. The van der Waals surface area contributed by atoms with Crippen molar-refractivity contribution in [3.8, 4) is 51.0 Å². The standard InChI is InChI=1S/C51H30N4O2/c1-2-13-31(14-3-1)49-52-50(54-51(53-49)33-25-27-38-37-18-7-11-23-44(37)57-47(38)30-33)32-26-28-45-40(29-32)48-39(19-12-24-46(48)56-45)36-17-6-10-22-43(36)55-41-20-8-4-15-34(41)35-16-5-9-21-42(35)55/h1-30H. The van der Waals surface area contributed by atoms with Crippen LogP contribution in [0.25, 0.3) is 117 Å². The van der Waals surface area contributed by atoms with Gasteiger partial charge >= 0.3 is 0 Å². The van der Waals surface area contributed by atoms with Gasteiger partial charge in [0.15, 0.2) is 17.5 Å². The van der Waals surface area contributed by atoms with Crippen molar-refractivity contribution in [3.63, 3.8) is 0 Å². The molecule has 0 aliphatic rings. The number of fused-ring (bicyclic) bond motifs is 9. The summed E-state index contributed by atoms with van der Waals surface area (Å²) in [6, 6.07) is 62.8. The summed E-state index contributed by atoms with van der Waals surface area (Å²) in [5.41, 5.74) is 11.5. The van der Waals surface area contributed by atoms with Gasteiger partial charge in [0.05, 0.1) is 16.7 Å². The highest BCUT2D eigenvalue weighted by Gasteiger charge is 2.20. The van der Waals surface area contributed by atoms with E-state index in [0.717, 1.165) is 88.4 Å². The third kappa shape index (κ3) is 4.94. The van der Waals surface area contributed by atoms with E-state index in [2.05, 4.69) is 114 Å². The summed E-state index contributed by atoms with van der Waals surface area (Å²) in [4.78, 5) is 15.2. The molecule has 0 aliphatic carbocycles. The Kier molecular flexibility index (Phi) is 6.83. The van der Waals surface area contributed by atoms with Crippen molar-refractivity contribution >= 4 is 65.7 Å². The Labute approximate surface area is 325 Å². The number of para-hydroxylation sites is 4. The Morgan fingerprint density at radius 1 is 0.333 bits per heavy atom. The minimum Gasteiger partial charge on any atom is -0.456 e. The smallest absolute Gasteiger partial charge is 0.164 e. The van der Waals surface area contributed by atoms with E-state index in [9.17, 15) is 0 Å². The summed E-state index contributed by atoms with van der Waals surface area (Å²) >= 11 is 0. The van der Waals surface area contributed by atoms with Crippen molar-refractivity contribution in [2.75, 3.05) is 0 Å². The highest BCUT2D eigenvalue weighted by atomic mass is 16.3. The molecule has 0 N–H and O–H groups in total. The summed E-state index contributed by atoms with van der Waals surface area (Å²) in [7, 11) is 0. The van der Waals surface area contributed by atoms with Gasteiger partial charge in [0.1, 0.15) is 22.3 Å². The van der Waals surface area contributed by atoms with Gasteiger partial charge < -0.3 is 13.4 Å². The predicted molar refractivity (Wildman–Crippen MR) is 230 cm³/mol. The van der Waals surface area contributed by atoms with Crippen LogP contribution in [0.15, 0.2) is 191 Å². The Morgan fingerprint density at radius 3 is 1.67 bits per heavy atom. The molecule has 6 nitrogen and oxygen atoms in total. The fourth-order valence-electron chi connectivity index (χ4n) is 8.48. The molecule has 266 valence electrons. The summed E-state index contributed by atoms with van der Waals surface area (Å²) in [5, 5.41) is 6.61. The van der Waals surface area contributed by atoms with Gasteiger partial charge in [-0.15, -0.1) is 0 Å². The summed E-state index contributed by atoms with van der Waals surface area (Å²) in [6.07, 6.45) is 0. The number of hydrogen-bond donors (Lipinski definition) is 0. The first-order chi connectivity index (χ1) is 28.2. The molecule has 6 heteroatoms. The molecule has 57 heavy (non-hydrogen) atoms. The minimum absolute atomic E-state index is 0.569. The zero-order valence-corrected chi connectivity index (χ0v) is 30.4. The van der Waals surface area contributed by atoms with Gasteiger partial charge in [-0.1, -0.05) is 121 Å². The topological polar surface area (TPSA) is 69.9 Å². The van der Waals surface area contributed by atoms with Gasteiger partial charge in [-0.25, -0.2) is 15.0 Å². The van der Waals surface area contributed by atoms with Gasteiger partial charge in [0, 0.05) is 54.6 Å². The normalized spacial score (nSPS) is 11.9. The number of rotatable bonds is 5. The van der Waals surface area contributed by atoms with Gasteiger partial charge in [-0.3, -0.25) is 0 Å². The second-order valence-corrected chi connectivity index (χ2v) is 14.4. The average Bonchev–Trinajstić information content (AvgIpc) is 3.95. The van der Waals surface area contributed by atoms with Gasteiger partial charge in [-0.05, 0) is 66.2 Å². The summed E-state index contributed by atoms with van der Waals surface area (Å²) in [5.74, 6) is 1.74. The molecular weight excluding hydrogens is 701 g/mol. The molecule has 0 saturated heterocycles. The summed E-state index contributed by atoms with van der Waals surface area (Å²) in [6.45, 7) is 0. The molecule has 0 spiro atoms. The average molecular weight is 731 g/mol. The maximum absolute atomic E-state index is 6.56. The minimum atomic E-state index is 0.569. The van der Waals surface area contributed by atoms with Gasteiger partial charge in [0.2, 0.25) is 0 Å². The van der Waals surface area contributed by atoms with E-state index in [-0.39, 0.29) is 0 Å². The third-order valence-electron chi connectivity index (χ3n) is 11.1. The molecule has 0 radical (unpaired) electrons. The molecule has 0 atom stereocenters. The number of benzene rings is 8. The molecule has 0 unspecified atom stereocenters. The van der Waals surface area contributed by atoms with Crippen molar-refractivity contribution in [2.45, 2.75) is 0 Å². The van der Waals surface area contributed by atoms with Crippen LogP contribution < -0.4 is 0 Å². The number of nitrogens with zero attached hydrogens (tertiary/aromatic N) is 4. The van der Waals surface area contributed by atoms with Crippen LogP contribution in [0.5, 0.6) is 0 Å². The van der Waals surface area contributed by atoms with Crippen LogP contribution in [0.2, 0.25) is 0 Å². The monoisotopic (exact) mass is 730 g/mol. The fraction of sp³-hybridized carbons (Fsp3) is 0. The number of hydrogen-bond acceptors (Lipinski definition) is 5. The van der Waals surface area contributed by atoms with E-state index in [4.69, 9.17) is 23.8 Å². The third-order valence-corrected chi connectivity index (χ3v) is 11.1. The zero-order valence-electron chi connectivity index (χ0n) is 30.4. The van der Waals surface area contributed by atoms with Gasteiger partial charge in [-0.2, -0.15) is 0 Å².